The van der Waals surface area contributed by atoms with Crippen molar-refractivity contribution in [3.05, 3.63) is 48.3 Å². The fourth-order valence-corrected chi connectivity index (χ4v) is 6.47. The third kappa shape index (κ3) is 6.30. The summed E-state index contributed by atoms with van der Waals surface area (Å²) in [4.78, 5) is 47.0. The molecule has 1 aromatic carbocycles. The highest BCUT2D eigenvalue weighted by Crippen LogP contribution is 2.43. The predicted octanol–water partition coefficient (Wildman–Crippen LogP) is 2.69. The summed E-state index contributed by atoms with van der Waals surface area (Å²) in [5, 5.41) is 10.6. The summed E-state index contributed by atoms with van der Waals surface area (Å²) >= 11 is 0. The van der Waals surface area contributed by atoms with Crippen LogP contribution in [0.15, 0.2) is 42.7 Å². The molecule has 1 N–H and O–H groups in total. The number of carboxylic acid groups (broad SMARTS) is 1. The van der Waals surface area contributed by atoms with Crippen molar-refractivity contribution in [2.45, 2.75) is 44.6 Å². The number of benzene rings is 1. The standard InChI is InChI=1S/C31H41N5O6/c1-4-5-15-36(23-8-6-12-32(2)18-23)28(37)20-35-19-24(22-9-10-26-27(17-22)42-21-41-26)29(30(38)39)25(35)11-16-34-14-7-13-33(3)31(34)40/h6,8-10,12,17-18,24-25,29H,4-5,7,11,13-16,19-21H2,1-3H3/p+1/t24-,25+,29-/m1/s1. The van der Waals surface area contributed by atoms with E-state index in [0.717, 1.165) is 30.5 Å². The van der Waals surface area contributed by atoms with Gasteiger partial charge in [0.1, 0.15) is 12.7 Å². The normalized spacial score (nSPS) is 22.1. The Hall–Kier alpha value is -3.86. The van der Waals surface area contributed by atoms with Crippen LogP contribution < -0.4 is 18.9 Å². The van der Waals surface area contributed by atoms with Crippen LogP contribution in [0.2, 0.25) is 0 Å². The first-order valence-corrected chi connectivity index (χ1v) is 14.9. The second kappa shape index (κ2) is 13.0. The van der Waals surface area contributed by atoms with Gasteiger partial charge in [-0.25, -0.2) is 9.36 Å². The van der Waals surface area contributed by atoms with Crippen molar-refractivity contribution < 1.29 is 33.5 Å². The lowest BCUT2D eigenvalue weighted by atomic mass is 9.84. The van der Waals surface area contributed by atoms with Crippen LogP contribution in [0.5, 0.6) is 11.5 Å². The molecule has 1 aromatic heterocycles. The molecule has 3 aliphatic rings. The molecule has 3 amide bonds. The van der Waals surface area contributed by atoms with Gasteiger partial charge in [0.15, 0.2) is 23.9 Å². The molecule has 3 atom stereocenters. The summed E-state index contributed by atoms with van der Waals surface area (Å²) in [5.74, 6) is -0.834. The van der Waals surface area contributed by atoms with Gasteiger partial charge in [-0.15, -0.1) is 0 Å². The SMILES string of the molecule is CCCCN(C(=O)CN1C[C@H](c2ccc3c(c2)OCO3)[C@@H](C(=O)O)[C@@H]1CCN1CCCN(C)C1=O)c1ccc[n+](C)c1. The van der Waals surface area contributed by atoms with Crippen LogP contribution in [-0.4, -0.2) is 96.9 Å². The molecule has 4 heterocycles. The van der Waals surface area contributed by atoms with Gasteiger partial charge in [-0.1, -0.05) is 19.4 Å². The van der Waals surface area contributed by atoms with E-state index in [1.807, 2.05) is 64.1 Å². The number of urea groups is 1. The van der Waals surface area contributed by atoms with Gasteiger partial charge in [0.2, 0.25) is 12.7 Å². The highest BCUT2D eigenvalue weighted by molar-refractivity contribution is 5.94. The summed E-state index contributed by atoms with van der Waals surface area (Å²) in [7, 11) is 3.72. The minimum absolute atomic E-state index is 0.0382. The average Bonchev–Trinajstić information content (AvgIpc) is 3.58. The Kier molecular flexibility index (Phi) is 9.15. The third-order valence-electron chi connectivity index (χ3n) is 8.68. The van der Waals surface area contributed by atoms with Crippen molar-refractivity contribution in [1.29, 1.82) is 0 Å². The van der Waals surface area contributed by atoms with E-state index in [4.69, 9.17) is 9.47 Å². The zero-order chi connectivity index (χ0) is 29.8. The Balaban J connectivity index is 1.43. The molecule has 226 valence electrons. The topological polar surface area (TPSA) is 107 Å². The highest BCUT2D eigenvalue weighted by Gasteiger charge is 2.47. The molecule has 0 unspecified atom stereocenters. The number of aromatic nitrogens is 1. The van der Waals surface area contributed by atoms with Gasteiger partial charge in [0.05, 0.1) is 12.5 Å². The number of aryl methyl sites for hydroxylation is 1. The number of rotatable bonds is 11. The quantitative estimate of drug-likeness (QED) is 0.408. The number of aliphatic carboxylic acids is 1. The average molecular weight is 581 g/mol. The first-order chi connectivity index (χ1) is 20.3. The zero-order valence-corrected chi connectivity index (χ0v) is 24.8. The number of hydrogen-bond donors (Lipinski definition) is 1. The number of fused-ring (bicyclic) bond motifs is 1. The summed E-state index contributed by atoms with van der Waals surface area (Å²) in [6.07, 6.45) is 6.99. The molecule has 2 aromatic rings. The van der Waals surface area contributed by atoms with Crippen LogP contribution in [0.1, 0.15) is 44.1 Å². The largest absolute Gasteiger partial charge is 0.481 e. The number of anilines is 1. The maximum absolute atomic E-state index is 14.0. The van der Waals surface area contributed by atoms with E-state index in [1.54, 1.807) is 16.8 Å². The number of amides is 3. The summed E-state index contributed by atoms with van der Waals surface area (Å²) in [6, 6.07) is 8.98. The van der Waals surface area contributed by atoms with E-state index < -0.39 is 17.9 Å². The molecule has 0 spiro atoms. The molecule has 0 bridgehead atoms. The Morgan fingerprint density at radius 2 is 1.98 bits per heavy atom. The number of unbranched alkanes of at least 4 members (excludes halogenated alkanes) is 1. The van der Waals surface area contributed by atoms with Gasteiger partial charge in [0.25, 0.3) is 0 Å². The molecular weight excluding hydrogens is 538 g/mol. The van der Waals surface area contributed by atoms with Crippen LogP contribution >= 0.6 is 0 Å². The molecule has 0 aliphatic carbocycles. The first kappa shape index (κ1) is 29.6. The Morgan fingerprint density at radius 1 is 1.17 bits per heavy atom. The first-order valence-electron chi connectivity index (χ1n) is 14.9. The van der Waals surface area contributed by atoms with Crippen LogP contribution in [0.25, 0.3) is 0 Å². The smallest absolute Gasteiger partial charge is 0.319 e. The van der Waals surface area contributed by atoms with Crippen LogP contribution in [0, 0.1) is 5.92 Å². The summed E-state index contributed by atoms with van der Waals surface area (Å²) < 4.78 is 13.0. The van der Waals surface area contributed by atoms with E-state index in [1.165, 1.54) is 0 Å². The lowest BCUT2D eigenvalue weighted by Crippen LogP contribution is -2.50. The van der Waals surface area contributed by atoms with E-state index in [-0.39, 0.29) is 31.2 Å². The van der Waals surface area contributed by atoms with Crippen LogP contribution in [0.4, 0.5) is 10.5 Å². The Labute approximate surface area is 247 Å². The van der Waals surface area contributed by atoms with E-state index >= 15 is 0 Å². The molecule has 42 heavy (non-hydrogen) atoms. The molecule has 11 heteroatoms. The van der Waals surface area contributed by atoms with Crippen molar-refractivity contribution in [1.82, 2.24) is 14.7 Å². The molecule has 3 aliphatic heterocycles. The van der Waals surface area contributed by atoms with Crippen LogP contribution in [-0.2, 0) is 16.6 Å². The molecule has 2 fully saturated rings. The van der Waals surface area contributed by atoms with Crippen molar-refractivity contribution >= 4 is 23.6 Å². The number of carboxylic acids is 1. The molecule has 11 nitrogen and oxygen atoms in total. The number of ether oxygens (including phenoxy) is 2. The fraction of sp³-hybridized carbons (Fsp3) is 0.548. The Morgan fingerprint density at radius 3 is 2.74 bits per heavy atom. The predicted molar refractivity (Wildman–Crippen MR) is 156 cm³/mol. The number of carbonyl (C=O) groups is 3. The monoisotopic (exact) mass is 580 g/mol. The molecular formula is C31H42N5O6+. The minimum atomic E-state index is -0.905. The maximum atomic E-state index is 14.0. The molecule has 5 rings (SSSR count). The third-order valence-corrected chi connectivity index (χ3v) is 8.68. The number of nitrogens with zero attached hydrogens (tertiary/aromatic N) is 5. The lowest BCUT2D eigenvalue weighted by Gasteiger charge is -2.35. The summed E-state index contributed by atoms with van der Waals surface area (Å²) in [5.41, 5.74) is 1.66. The molecule has 0 saturated carbocycles. The Bertz CT molecular complexity index is 1300. The zero-order valence-electron chi connectivity index (χ0n) is 24.8. The molecule has 2 saturated heterocycles. The van der Waals surface area contributed by atoms with E-state index in [2.05, 4.69) is 6.92 Å². The van der Waals surface area contributed by atoms with Crippen molar-refractivity contribution in [3.63, 3.8) is 0 Å². The highest BCUT2D eigenvalue weighted by atomic mass is 16.7. The van der Waals surface area contributed by atoms with Gasteiger partial charge >= 0.3 is 12.0 Å². The second-order valence-electron chi connectivity index (χ2n) is 11.5. The maximum Gasteiger partial charge on any atom is 0.319 e. The number of hydrogen-bond acceptors (Lipinski definition) is 6. The van der Waals surface area contributed by atoms with Gasteiger partial charge in [-0.3, -0.25) is 14.5 Å². The second-order valence-corrected chi connectivity index (χ2v) is 11.5. The van der Waals surface area contributed by atoms with Crippen molar-refractivity contribution in [2.24, 2.45) is 13.0 Å². The van der Waals surface area contributed by atoms with Gasteiger partial charge in [-0.05, 0) is 43.0 Å². The number of pyridine rings is 1. The van der Waals surface area contributed by atoms with Gasteiger partial charge in [0, 0.05) is 57.8 Å². The number of carbonyl (C=O) groups excluding carboxylic acids is 2. The minimum Gasteiger partial charge on any atom is -0.481 e. The van der Waals surface area contributed by atoms with Crippen molar-refractivity contribution in [3.8, 4) is 11.5 Å². The van der Waals surface area contributed by atoms with Gasteiger partial charge < -0.3 is 29.3 Å². The number of likely N-dealkylation sites (tertiary alicyclic amines) is 1. The summed E-state index contributed by atoms with van der Waals surface area (Å²) in [6.45, 7) is 5.11. The molecule has 0 radical (unpaired) electrons. The van der Waals surface area contributed by atoms with Crippen molar-refractivity contribution in [2.75, 3.05) is 58.0 Å². The van der Waals surface area contributed by atoms with E-state index in [9.17, 15) is 19.5 Å². The lowest BCUT2D eigenvalue weighted by molar-refractivity contribution is -0.670. The fourth-order valence-electron chi connectivity index (χ4n) is 6.47. The van der Waals surface area contributed by atoms with Gasteiger partial charge in [-0.2, -0.15) is 0 Å². The van der Waals surface area contributed by atoms with E-state index in [0.29, 0.717) is 50.6 Å². The van der Waals surface area contributed by atoms with Crippen LogP contribution in [0.3, 0.4) is 0 Å².